The van der Waals surface area contributed by atoms with Gasteiger partial charge in [0.2, 0.25) is 17.7 Å². The maximum atomic E-state index is 12.7. The van der Waals surface area contributed by atoms with Crippen molar-refractivity contribution in [3.63, 3.8) is 0 Å². The quantitative estimate of drug-likeness (QED) is 0.815. The molecule has 3 saturated heterocycles. The molecule has 3 aliphatic rings. The Morgan fingerprint density at radius 1 is 1.04 bits per heavy atom. The first-order valence-electron chi connectivity index (χ1n) is 9.74. The van der Waals surface area contributed by atoms with Crippen LogP contribution in [0.4, 0.5) is 0 Å². The summed E-state index contributed by atoms with van der Waals surface area (Å²) in [6.45, 7) is 3.54. The van der Waals surface area contributed by atoms with E-state index in [2.05, 4.69) is 34.5 Å². The van der Waals surface area contributed by atoms with Gasteiger partial charge in [-0.1, -0.05) is 30.3 Å². The van der Waals surface area contributed by atoms with Gasteiger partial charge in [-0.3, -0.25) is 19.3 Å². The van der Waals surface area contributed by atoms with Gasteiger partial charge in [-0.2, -0.15) is 0 Å². The maximum Gasteiger partial charge on any atom is 0.245 e. The number of carbonyl (C=O) groups excluding carboxylic acids is 3. The lowest BCUT2D eigenvalue weighted by atomic mass is 9.89. The van der Waals surface area contributed by atoms with E-state index in [1.54, 1.807) is 9.80 Å². The normalized spacial score (nSPS) is 24.5. The second-order valence-corrected chi connectivity index (χ2v) is 7.62. The number of piperazine rings is 2. The van der Waals surface area contributed by atoms with E-state index in [-0.39, 0.29) is 24.3 Å². The highest BCUT2D eigenvalue weighted by molar-refractivity contribution is 5.95. The molecule has 1 aromatic rings. The van der Waals surface area contributed by atoms with E-state index in [9.17, 15) is 14.4 Å². The number of hydrogen-bond donors (Lipinski definition) is 1. The molecule has 27 heavy (non-hydrogen) atoms. The van der Waals surface area contributed by atoms with Crippen molar-refractivity contribution in [1.82, 2.24) is 20.0 Å². The summed E-state index contributed by atoms with van der Waals surface area (Å²) in [7, 11) is 0. The van der Waals surface area contributed by atoms with Crippen molar-refractivity contribution in [1.29, 1.82) is 0 Å². The largest absolute Gasteiger partial charge is 0.345 e. The van der Waals surface area contributed by atoms with Crippen LogP contribution in [0.1, 0.15) is 24.3 Å². The van der Waals surface area contributed by atoms with Gasteiger partial charge in [0.1, 0.15) is 6.04 Å². The minimum absolute atomic E-state index is 0.0543. The van der Waals surface area contributed by atoms with Crippen molar-refractivity contribution >= 4 is 17.7 Å². The molecule has 0 radical (unpaired) electrons. The Balaban J connectivity index is 1.29. The summed E-state index contributed by atoms with van der Waals surface area (Å²) in [6.07, 6.45) is 2.12. The van der Waals surface area contributed by atoms with Crippen molar-refractivity contribution < 1.29 is 14.4 Å². The average molecular weight is 370 g/mol. The summed E-state index contributed by atoms with van der Waals surface area (Å²) in [5, 5.41) is 2.61. The lowest BCUT2D eigenvalue weighted by Crippen LogP contribution is -2.67. The Morgan fingerprint density at radius 2 is 1.78 bits per heavy atom. The maximum absolute atomic E-state index is 12.7. The van der Waals surface area contributed by atoms with E-state index in [1.807, 2.05) is 6.07 Å². The first kappa shape index (κ1) is 18.0. The number of carbonyl (C=O) groups is 3. The molecule has 3 fully saturated rings. The SMILES string of the molecule is O=C1NCC(=O)N2CCN(C(=O)CN3CCC(c4ccccc4)CC3)C[C@H]12. The molecule has 7 heteroatoms. The van der Waals surface area contributed by atoms with E-state index in [0.717, 1.165) is 25.9 Å². The molecule has 0 bridgehead atoms. The fourth-order valence-corrected chi connectivity index (χ4v) is 4.36. The van der Waals surface area contributed by atoms with Crippen molar-refractivity contribution in [2.24, 2.45) is 0 Å². The Bertz CT molecular complexity index is 715. The number of piperidine rings is 1. The molecule has 1 atom stereocenters. The predicted molar refractivity (Wildman–Crippen MR) is 99.9 cm³/mol. The van der Waals surface area contributed by atoms with Gasteiger partial charge in [0, 0.05) is 13.1 Å². The van der Waals surface area contributed by atoms with Crippen LogP contribution in [-0.2, 0) is 14.4 Å². The summed E-state index contributed by atoms with van der Waals surface area (Å²) in [4.78, 5) is 42.2. The monoisotopic (exact) mass is 370 g/mol. The number of likely N-dealkylation sites (tertiary alicyclic amines) is 1. The van der Waals surface area contributed by atoms with Crippen LogP contribution < -0.4 is 5.32 Å². The molecule has 3 aliphatic heterocycles. The van der Waals surface area contributed by atoms with Crippen molar-refractivity contribution in [3.8, 4) is 0 Å². The number of hydrogen-bond acceptors (Lipinski definition) is 4. The zero-order chi connectivity index (χ0) is 18.8. The summed E-state index contributed by atoms with van der Waals surface area (Å²) in [5.74, 6) is 0.405. The van der Waals surface area contributed by atoms with Crippen molar-refractivity contribution in [2.45, 2.75) is 24.8 Å². The molecule has 0 aliphatic carbocycles. The van der Waals surface area contributed by atoms with Gasteiger partial charge < -0.3 is 15.1 Å². The molecule has 0 saturated carbocycles. The van der Waals surface area contributed by atoms with Crippen LogP contribution in [0.15, 0.2) is 30.3 Å². The summed E-state index contributed by atoms with van der Waals surface area (Å²) < 4.78 is 0. The molecule has 3 heterocycles. The molecule has 1 N–H and O–H groups in total. The number of fused-ring (bicyclic) bond motifs is 1. The van der Waals surface area contributed by atoms with Crippen LogP contribution in [0.5, 0.6) is 0 Å². The third kappa shape index (κ3) is 3.83. The van der Waals surface area contributed by atoms with E-state index in [0.29, 0.717) is 32.1 Å². The molecule has 7 nitrogen and oxygen atoms in total. The Morgan fingerprint density at radius 3 is 2.52 bits per heavy atom. The van der Waals surface area contributed by atoms with Crippen LogP contribution in [0.2, 0.25) is 0 Å². The number of benzene rings is 1. The molecule has 0 unspecified atom stereocenters. The van der Waals surface area contributed by atoms with Crippen LogP contribution in [0.25, 0.3) is 0 Å². The zero-order valence-corrected chi connectivity index (χ0v) is 15.5. The van der Waals surface area contributed by atoms with Crippen LogP contribution >= 0.6 is 0 Å². The highest BCUT2D eigenvalue weighted by Crippen LogP contribution is 2.27. The summed E-state index contributed by atoms with van der Waals surface area (Å²) >= 11 is 0. The van der Waals surface area contributed by atoms with Crippen molar-refractivity contribution in [3.05, 3.63) is 35.9 Å². The van der Waals surface area contributed by atoms with Gasteiger partial charge >= 0.3 is 0 Å². The smallest absolute Gasteiger partial charge is 0.245 e. The van der Waals surface area contributed by atoms with Gasteiger partial charge in [-0.15, -0.1) is 0 Å². The molecular formula is C20H26N4O3. The average Bonchev–Trinajstić information content (AvgIpc) is 2.72. The van der Waals surface area contributed by atoms with Crippen LogP contribution in [-0.4, -0.2) is 84.3 Å². The van der Waals surface area contributed by atoms with E-state index < -0.39 is 6.04 Å². The fraction of sp³-hybridized carbons (Fsp3) is 0.550. The Hall–Kier alpha value is -2.41. The minimum atomic E-state index is -0.534. The second kappa shape index (κ2) is 7.68. The number of amides is 3. The Kier molecular flexibility index (Phi) is 5.11. The number of nitrogens with zero attached hydrogens (tertiary/aromatic N) is 3. The van der Waals surface area contributed by atoms with Crippen LogP contribution in [0.3, 0.4) is 0 Å². The third-order valence-electron chi connectivity index (χ3n) is 5.99. The van der Waals surface area contributed by atoms with Crippen LogP contribution in [0, 0.1) is 0 Å². The van der Waals surface area contributed by atoms with E-state index >= 15 is 0 Å². The number of nitrogens with one attached hydrogen (secondary N) is 1. The van der Waals surface area contributed by atoms with Gasteiger partial charge in [0.15, 0.2) is 0 Å². The lowest BCUT2D eigenvalue weighted by molar-refractivity contribution is -0.152. The van der Waals surface area contributed by atoms with Gasteiger partial charge in [-0.25, -0.2) is 0 Å². The molecular weight excluding hydrogens is 344 g/mol. The molecule has 3 amide bonds. The summed E-state index contributed by atoms with van der Waals surface area (Å²) in [5.41, 5.74) is 1.38. The molecule has 1 aromatic carbocycles. The van der Waals surface area contributed by atoms with E-state index in [4.69, 9.17) is 0 Å². The van der Waals surface area contributed by atoms with Gasteiger partial charge in [0.25, 0.3) is 0 Å². The Labute approximate surface area is 159 Å². The first-order chi connectivity index (χ1) is 13.1. The predicted octanol–water partition coefficient (Wildman–Crippen LogP) is 0.0352. The fourth-order valence-electron chi connectivity index (χ4n) is 4.36. The molecule has 0 aromatic heterocycles. The molecule has 144 valence electrons. The second-order valence-electron chi connectivity index (χ2n) is 7.62. The third-order valence-corrected chi connectivity index (χ3v) is 5.99. The minimum Gasteiger partial charge on any atom is -0.345 e. The van der Waals surface area contributed by atoms with Gasteiger partial charge in [0.05, 0.1) is 19.6 Å². The van der Waals surface area contributed by atoms with Crippen molar-refractivity contribution in [2.75, 3.05) is 45.8 Å². The highest BCUT2D eigenvalue weighted by atomic mass is 16.2. The molecule has 4 rings (SSSR count). The zero-order valence-electron chi connectivity index (χ0n) is 15.5. The standard InChI is InChI=1S/C20H26N4O3/c25-18-12-21-20(27)17-13-23(10-11-24(17)18)19(26)14-22-8-6-16(7-9-22)15-4-2-1-3-5-15/h1-5,16-17H,6-14H2,(H,21,27)/t17-/m1/s1. The van der Waals surface area contributed by atoms with Gasteiger partial charge in [-0.05, 0) is 37.4 Å². The topological polar surface area (TPSA) is 73.0 Å². The van der Waals surface area contributed by atoms with E-state index in [1.165, 1.54) is 5.56 Å². The highest BCUT2D eigenvalue weighted by Gasteiger charge is 2.40. The molecule has 0 spiro atoms. The number of rotatable bonds is 3. The first-order valence-corrected chi connectivity index (χ1v) is 9.74. The lowest BCUT2D eigenvalue weighted by Gasteiger charge is -2.43. The summed E-state index contributed by atoms with van der Waals surface area (Å²) in [6, 6.07) is 10.0.